The molecule has 0 amide bonds. The Labute approximate surface area is 142 Å². The number of halogens is 1. The molecule has 0 saturated heterocycles. The van der Waals surface area contributed by atoms with Crippen LogP contribution in [0.15, 0.2) is 36.5 Å². The third-order valence-electron chi connectivity index (χ3n) is 2.99. The molecule has 1 heterocycles. The summed E-state index contributed by atoms with van der Waals surface area (Å²) >= 11 is 5.72. The maximum atomic E-state index is 11.3. The highest BCUT2D eigenvalue weighted by atomic mass is 35.5. The van der Waals surface area contributed by atoms with Crippen LogP contribution in [0.2, 0.25) is 5.02 Å². The number of nitrogens with zero attached hydrogens (tertiary/aromatic N) is 2. The SMILES string of the molecule is COC(=O)C(C)Oc1ccc(Nc2ncc(Cl)cc2[N+](=O)[O-])cc1. The molecule has 0 saturated carbocycles. The summed E-state index contributed by atoms with van der Waals surface area (Å²) in [5, 5.41) is 14.0. The van der Waals surface area contributed by atoms with Gasteiger partial charge >= 0.3 is 11.7 Å². The van der Waals surface area contributed by atoms with Gasteiger partial charge in [-0.1, -0.05) is 11.6 Å². The molecule has 126 valence electrons. The van der Waals surface area contributed by atoms with Gasteiger partial charge in [0, 0.05) is 18.0 Å². The quantitative estimate of drug-likeness (QED) is 0.483. The topological polar surface area (TPSA) is 104 Å². The average molecular weight is 352 g/mol. The van der Waals surface area contributed by atoms with E-state index in [1.165, 1.54) is 19.4 Å². The number of nitrogens with one attached hydrogen (secondary N) is 1. The Morgan fingerprint density at radius 1 is 1.38 bits per heavy atom. The number of carbonyl (C=O) groups excluding carboxylic acids is 1. The normalized spacial score (nSPS) is 11.5. The van der Waals surface area contributed by atoms with E-state index in [0.717, 1.165) is 0 Å². The lowest BCUT2D eigenvalue weighted by atomic mass is 10.3. The van der Waals surface area contributed by atoms with Crippen molar-refractivity contribution in [2.75, 3.05) is 12.4 Å². The zero-order valence-corrected chi connectivity index (χ0v) is 13.6. The van der Waals surface area contributed by atoms with Gasteiger partial charge < -0.3 is 14.8 Å². The third-order valence-corrected chi connectivity index (χ3v) is 3.20. The molecule has 0 radical (unpaired) electrons. The first-order valence-corrected chi connectivity index (χ1v) is 7.20. The lowest BCUT2D eigenvalue weighted by Crippen LogP contribution is -2.24. The van der Waals surface area contributed by atoms with E-state index in [1.54, 1.807) is 31.2 Å². The second-order valence-electron chi connectivity index (χ2n) is 4.71. The molecule has 0 aliphatic carbocycles. The molecule has 24 heavy (non-hydrogen) atoms. The first-order valence-electron chi connectivity index (χ1n) is 6.82. The van der Waals surface area contributed by atoms with Crippen LogP contribution < -0.4 is 10.1 Å². The van der Waals surface area contributed by atoms with E-state index in [2.05, 4.69) is 15.0 Å². The van der Waals surface area contributed by atoms with Crippen LogP contribution in [-0.4, -0.2) is 29.1 Å². The summed E-state index contributed by atoms with van der Waals surface area (Å²) in [7, 11) is 1.28. The maximum absolute atomic E-state index is 11.3. The van der Waals surface area contributed by atoms with Gasteiger partial charge in [-0.2, -0.15) is 0 Å². The van der Waals surface area contributed by atoms with Gasteiger partial charge in [0.2, 0.25) is 5.82 Å². The number of esters is 1. The smallest absolute Gasteiger partial charge is 0.346 e. The van der Waals surface area contributed by atoms with Gasteiger partial charge in [0.25, 0.3) is 0 Å². The average Bonchev–Trinajstić information content (AvgIpc) is 2.57. The van der Waals surface area contributed by atoms with Crippen molar-refractivity contribution in [2.45, 2.75) is 13.0 Å². The molecule has 0 bridgehead atoms. The number of ether oxygens (including phenoxy) is 2. The molecule has 1 aromatic heterocycles. The van der Waals surface area contributed by atoms with Crippen LogP contribution in [0.5, 0.6) is 5.75 Å². The number of hydrogen-bond acceptors (Lipinski definition) is 7. The van der Waals surface area contributed by atoms with Crippen LogP contribution in [0.1, 0.15) is 6.92 Å². The van der Waals surface area contributed by atoms with Gasteiger partial charge in [-0.15, -0.1) is 0 Å². The van der Waals surface area contributed by atoms with E-state index in [4.69, 9.17) is 16.3 Å². The van der Waals surface area contributed by atoms with E-state index in [9.17, 15) is 14.9 Å². The number of benzene rings is 1. The summed E-state index contributed by atoms with van der Waals surface area (Å²) in [5.41, 5.74) is 0.327. The molecule has 1 aromatic carbocycles. The fraction of sp³-hybridized carbons (Fsp3) is 0.200. The van der Waals surface area contributed by atoms with Crippen LogP contribution in [0.25, 0.3) is 0 Å². The molecular formula is C15H14ClN3O5. The zero-order chi connectivity index (χ0) is 17.7. The lowest BCUT2D eigenvalue weighted by molar-refractivity contribution is -0.384. The van der Waals surface area contributed by atoms with Gasteiger partial charge in [0.15, 0.2) is 6.10 Å². The van der Waals surface area contributed by atoms with Crippen molar-refractivity contribution >= 4 is 34.8 Å². The van der Waals surface area contributed by atoms with Crippen molar-refractivity contribution in [1.29, 1.82) is 0 Å². The minimum Gasteiger partial charge on any atom is -0.479 e. The number of anilines is 2. The first kappa shape index (κ1) is 17.5. The molecule has 0 fully saturated rings. The summed E-state index contributed by atoms with van der Waals surface area (Å²) < 4.78 is 9.98. The van der Waals surface area contributed by atoms with Crippen LogP contribution >= 0.6 is 11.6 Å². The van der Waals surface area contributed by atoms with Crippen LogP contribution in [-0.2, 0) is 9.53 Å². The van der Waals surface area contributed by atoms with E-state index >= 15 is 0 Å². The number of rotatable bonds is 6. The van der Waals surface area contributed by atoms with Gasteiger partial charge in [-0.25, -0.2) is 9.78 Å². The van der Waals surface area contributed by atoms with E-state index < -0.39 is 17.0 Å². The van der Waals surface area contributed by atoms with Crippen LogP contribution in [0.4, 0.5) is 17.2 Å². The van der Waals surface area contributed by atoms with Crippen molar-refractivity contribution in [3.8, 4) is 5.75 Å². The largest absolute Gasteiger partial charge is 0.479 e. The van der Waals surface area contributed by atoms with Crippen molar-refractivity contribution in [2.24, 2.45) is 0 Å². The fourth-order valence-electron chi connectivity index (χ4n) is 1.84. The Morgan fingerprint density at radius 2 is 2.04 bits per heavy atom. The predicted octanol–water partition coefficient (Wildman–Crippen LogP) is 3.33. The molecule has 0 aliphatic heterocycles. The molecule has 2 aromatic rings. The monoisotopic (exact) mass is 351 g/mol. The van der Waals surface area contributed by atoms with Gasteiger partial charge in [0.05, 0.1) is 17.1 Å². The summed E-state index contributed by atoms with van der Waals surface area (Å²) in [6.45, 7) is 1.57. The van der Waals surface area contributed by atoms with E-state index in [-0.39, 0.29) is 16.5 Å². The summed E-state index contributed by atoms with van der Waals surface area (Å²) in [5.74, 6) is 0.0382. The highest BCUT2D eigenvalue weighted by Crippen LogP contribution is 2.28. The molecule has 9 heteroatoms. The number of methoxy groups -OCH3 is 1. The minimum atomic E-state index is -0.743. The molecule has 0 spiro atoms. The number of hydrogen-bond donors (Lipinski definition) is 1. The Bertz CT molecular complexity index is 751. The molecular weight excluding hydrogens is 338 g/mol. The first-order chi connectivity index (χ1) is 11.4. The number of nitro groups is 1. The lowest BCUT2D eigenvalue weighted by Gasteiger charge is -2.13. The Morgan fingerprint density at radius 3 is 2.62 bits per heavy atom. The second kappa shape index (κ2) is 7.60. The Hall–Kier alpha value is -2.87. The summed E-state index contributed by atoms with van der Waals surface area (Å²) in [4.78, 5) is 25.7. The summed E-state index contributed by atoms with van der Waals surface area (Å²) in [6.07, 6.45) is 0.569. The van der Waals surface area contributed by atoms with Gasteiger partial charge in [-0.3, -0.25) is 10.1 Å². The van der Waals surface area contributed by atoms with E-state index in [1.807, 2.05) is 0 Å². The molecule has 0 aliphatic rings. The molecule has 1 unspecified atom stereocenters. The fourth-order valence-corrected chi connectivity index (χ4v) is 1.99. The van der Waals surface area contributed by atoms with Crippen molar-refractivity contribution in [1.82, 2.24) is 4.98 Å². The molecule has 1 N–H and O–H groups in total. The minimum absolute atomic E-state index is 0.0704. The second-order valence-corrected chi connectivity index (χ2v) is 5.15. The molecule has 2 rings (SSSR count). The Kier molecular flexibility index (Phi) is 5.54. The highest BCUT2D eigenvalue weighted by Gasteiger charge is 2.17. The van der Waals surface area contributed by atoms with Crippen LogP contribution in [0.3, 0.4) is 0 Å². The number of aromatic nitrogens is 1. The standard InChI is InChI=1S/C15H14ClN3O5/c1-9(15(20)23-2)24-12-5-3-11(4-6-12)18-14-13(19(21)22)7-10(16)8-17-14/h3-9H,1-2H3,(H,17,18). The van der Waals surface area contributed by atoms with Crippen LogP contribution in [0, 0.1) is 10.1 Å². The van der Waals surface area contributed by atoms with E-state index in [0.29, 0.717) is 11.4 Å². The molecule has 8 nitrogen and oxygen atoms in total. The highest BCUT2D eigenvalue weighted by molar-refractivity contribution is 6.30. The predicted molar refractivity (Wildman–Crippen MR) is 87.7 cm³/mol. The Balaban J connectivity index is 2.12. The van der Waals surface area contributed by atoms with Crippen molar-refractivity contribution in [3.05, 3.63) is 51.7 Å². The van der Waals surface area contributed by atoms with Gasteiger partial charge in [-0.05, 0) is 31.2 Å². The van der Waals surface area contributed by atoms with Crippen molar-refractivity contribution < 1.29 is 19.2 Å². The summed E-state index contributed by atoms with van der Waals surface area (Å²) in [6, 6.07) is 7.72. The maximum Gasteiger partial charge on any atom is 0.346 e. The molecule has 1 atom stereocenters. The van der Waals surface area contributed by atoms with Gasteiger partial charge in [0.1, 0.15) is 5.75 Å². The number of carbonyl (C=O) groups is 1. The third kappa shape index (κ3) is 4.32. The van der Waals surface area contributed by atoms with Crippen molar-refractivity contribution in [3.63, 3.8) is 0 Å². The zero-order valence-electron chi connectivity index (χ0n) is 12.9. The number of pyridine rings is 1.